The summed E-state index contributed by atoms with van der Waals surface area (Å²) in [6.45, 7) is 1.44. The van der Waals surface area contributed by atoms with Crippen LogP contribution < -0.4 is 19.5 Å². The maximum Gasteiger partial charge on any atom is 0.136 e. The second-order valence-corrected chi connectivity index (χ2v) is 8.72. The van der Waals surface area contributed by atoms with Crippen LogP contribution in [0.5, 0.6) is 17.2 Å². The molecule has 2 heterocycles. The standard InChI is InChI=1S/C26H25BrN2O3/c1-30-23-14-24(31-2)21(27)13-20(23)25-26-18(10-11-28-25)19-12-17(8-9-22(19)29-26)32-15-16-6-4-3-5-7-16/h3-9,12-14,25,28-29H,10-11,15H2,1-2H3. The molecule has 2 N–H and O–H groups in total. The Morgan fingerprint density at radius 3 is 2.56 bits per heavy atom. The highest BCUT2D eigenvalue weighted by molar-refractivity contribution is 9.10. The van der Waals surface area contributed by atoms with Crippen molar-refractivity contribution < 1.29 is 14.2 Å². The lowest BCUT2D eigenvalue weighted by Gasteiger charge is -2.26. The van der Waals surface area contributed by atoms with E-state index in [1.807, 2.05) is 30.3 Å². The highest BCUT2D eigenvalue weighted by Gasteiger charge is 2.28. The van der Waals surface area contributed by atoms with Gasteiger partial charge in [0, 0.05) is 34.8 Å². The Labute approximate surface area is 195 Å². The van der Waals surface area contributed by atoms with Gasteiger partial charge in [0.25, 0.3) is 0 Å². The van der Waals surface area contributed by atoms with Crippen molar-refractivity contribution in [2.75, 3.05) is 20.8 Å². The Balaban J connectivity index is 1.50. The van der Waals surface area contributed by atoms with E-state index in [-0.39, 0.29) is 6.04 Å². The van der Waals surface area contributed by atoms with Crippen molar-refractivity contribution in [3.8, 4) is 17.2 Å². The lowest BCUT2D eigenvalue weighted by atomic mass is 9.93. The molecule has 1 atom stereocenters. The van der Waals surface area contributed by atoms with Gasteiger partial charge < -0.3 is 24.5 Å². The third kappa shape index (κ3) is 3.85. The summed E-state index contributed by atoms with van der Waals surface area (Å²) in [7, 11) is 3.35. The number of fused-ring (bicyclic) bond motifs is 3. The van der Waals surface area contributed by atoms with Gasteiger partial charge in [0.15, 0.2) is 0 Å². The van der Waals surface area contributed by atoms with Gasteiger partial charge in [-0.05, 0) is 57.7 Å². The summed E-state index contributed by atoms with van der Waals surface area (Å²) in [6, 6.07) is 20.5. The maximum absolute atomic E-state index is 6.08. The molecule has 1 aliphatic rings. The summed E-state index contributed by atoms with van der Waals surface area (Å²) < 4.78 is 18.1. The average Bonchev–Trinajstić information content (AvgIpc) is 3.21. The topological polar surface area (TPSA) is 55.5 Å². The third-order valence-corrected chi connectivity index (χ3v) is 6.61. The fourth-order valence-corrected chi connectivity index (χ4v) is 4.93. The van der Waals surface area contributed by atoms with E-state index in [2.05, 4.69) is 56.6 Å². The third-order valence-electron chi connectivity index (χ3n) is 5.99. The van der Waals surface area contributed by atoms with E-state index in [1.165, 1.54) is 16.6 Å². The highest BCUT2D eigenvalue weighted by atomic mass is 79.9. The van der Waals surface area contributed by atoms with Gasteiger partial charge in [0.2, 0.25) is 0 Å². The van der Waals surface area contributed by atoms with Crippen LogP contribution in [0.3, 0.4) is 0 Å². The molecule has 4 aromatic rings. The van der Waals surface area contributed by atoms with Crippen LogP contribution in [0.25, 0.3) is 10.9 Å². The molecule has 0 saturated carbocycles. The summed E-state index contributed by atoms with van der Waals surface area (Å²) in [4.78, 5) is 3.64. The molecule has 1 unspecified atom stereocenters. The lowest BCUT2D eigenvalue weighted by molar-refractivity contribution is 0.306. The van der Waals surface area contributed by atoms with E-state index in [9.17, 15) is 0 Å². The molecule has 164 valence electrons. The quantitative estimate of drug-likeness (QED) is 0.359. The number of H-pyrrole nitrogens is 1. The van der Waals surface area contributed by atoms with Crippen molar-refractivity contribution in [2.24, 2.45) is 0 Å². The molecule has 0 amide bonds. The van der Waals surface area contributed by atoms with Crippen LogP contribution in [-0.2, 0) is 13.0 Å². The monoisotopic (exact) mass is 492 g/mol. The van der Waals surface area contributed by atoms with Gasteiger partial charge in [-0.3, -0.25) is 0 Å². The highest BCUT2D eigenvalue weighted by Crippen LogP contribution is 2.41. The second-order valence-electron chi connectivity index (χ2n) is 7.86. The molecule has 5 rings (SSSR count). The molecule has 32 heavy (non-hydrogen) atoms. The molecule has 5 nitrogen and oxygen atoms in total. The first kappa shape index (κ1) is 20.9. The SMILES string of the molecule is COc1cc(OC)c(C2NCCc3c2[nH]c2ccc(OCc4ccccc4)cc32)cc1Br. The first-order valence-corrected chi connectivity index (χ1v) is 11.4. The van der Waals surface area contributed by atoms with E-state index in [0.29, 0.717) is 6.61 Å². The number of rotatable bonds is 6. The Hall–Kier alpha value is -2.96. The summed E-state index contributed by atoms with van der Waals surface area (Å²) in [5.41, 5.74) is 5.82. The smallest absolute Gasteiger partial charge is 0.136 e. The second kappa shape index (κ2) is 8.88. The molecule has 3 aromatic carbocycles. The van der Waals surface area contributed by atoms with Crippen LogP contribution in [0.15, 0.2) is 65.1 Å². The molecular weight excluding hydrogens is 468 g/mol. The van der Waals surface area contributed by atoms with Gasteiger partial charge in [-0.1, -0.05) is 30.3 Å². The summed E-state index contributed by atoms with van der Waals surface area (Å²) in [6.07, 6.45) is 0.952. The van der Waals surface area contributed by atoms with E-state index in [0.717, 1.165) is 51.3 Å². The molecule has 0 spiro atoms. The van der Waals surface area contributed by atoms with Crippen LogP contribution >= 0.6 is 15.9 Å². The zero-order chi connectivity index (χ0) is 22.1. The van der Waals surface area contributed by atoms with Crippen molar-refractivity contribution in [2.45, 2.75) is 19.1 Å². The number of hydrogen-bond acceptors (Lipinski definition) is 4. The summed E-state index contributed by atoms with van der Waals surface area (Å²) in [5.74, 6) is 2.42. The molecule has 0 saturated heterocycles. The predicted octanol–water partition coefficient (Wildman–Crippen LogP) is 5.76. The summed E-state index contributed by atoms with van der Waals surface area (Å²) in [5, 5.41) is 4.86. The van der Waals surface area contributed by atoms with E-state index < -0.39 is 0 Å². The average molecular weight is 493 g/mol. The van der Waals surface area contributed by atoms with Crippen LogP contribution in [-0.4, -0.2) is 25.7 Å². The normalized spacial score (nSPS) is 15.4. The number of benzene rings is 3. The summed E-state index contributed by atoms with van der Waals surface area (Å²) >= 11 is 3.62. The number of nitrogens with one attached hydrogen (secondary N) is 2. The minimum absolute atomic E-state index is 0.00278. The van der Waals surface area contributed by atoms with E-state index in [1.54, 1.807) is 14.2 Å². The largest absolute Gasteiger partial charge is 0.496 e. The van der Waals surface area contributed by atoms with Crippen LogP contribution in [0.1, 0.15) is 28.4 Å². The Bertz CT molecular complexity index is 1250. The van der Waals surface area contributed by atoms with Gasteiger partial charge in [0.05, 0.1) is 24.7 Å². The van der Waals surface area contributed by atoms with Gasteiger partial charge >= 0.3 is 0 Å². The van der Waals surface area contributed by atoms with E-state index >= 15 is 0 Å². The van der Waals surface area contributed by atoms with Crippen molar-refractivity contribution in [1.29, 1.82) is 0 Å². The molecule has 0 fully saturated rings. The minimum Gasteiger partial charge on any atom is -0.496 e. The fraction of sp³-hybridized carbons (Fsp3) is 0.231. The van der Waals surface area contributed by atoms with Crippen LogP contribution in [0.4, 0.5) is 0 Å². The number of halogens is 1. The number of aromatic nitrogens is 1. The van der Waals surface area contributed by atoms with Crippen molar-refractivity contribution in [1.82, 2.24) is 10.3 Å². The zero-order valence-corrected chi connectivity index (χ0v) is 19.7. The van der Waals surface area contributed by atoms with Crippen molar-refractivity contribution in [3.05, 3.63) is 87.5 Å². The number of methoxy groups -OCH3 is 2. The van der Waals surface area contributed by atoms with Gasteiger partial charge in [-0.15, -0.1) is 0 Å². The number of hydrogen-bond donors (Lipinski definition) is 2. The maximum atomic E-state index is 6.08. The first-order chi connectivity index (χ1) is 15.7. The van der Waals surface area contributed by atoms with Crippen molar-refractivity contribution >= 4 is 26.8 Å². The molecule has 0 radical (unpaired) electrons. The van der Waals surface area contributed by atoms with Gasteiger partial charge in [-0.2, -0.15) is 0 Å². The molecule has 1 aliphatic heterocycles. The Morgan fingerprint density at radius 2 is 1.78 bits per heavy atom. The predicted molar refractivity (Wildman–Crippen MR) is 130 cm³/mol. The fourth-order valence-electron chi connectivity index (χ4n) is 4.41. The minimum atomic E-state index is -0.00278. The molecule has 6 heteroatoms. The molecule has 0 bridgehead atoms. The lowest BCUT2D eigenvalue weighted by Crippen LogP contribution is -2.30. The Morgan fingerprint density at radius 1 is 0.969 bits per heavy atom. The Kier molecular flexibility index (Phi) is 5.81. The molecule has 0 aliphatic carbocycles. The molecule has 1 aromatic heterocycles. The van der Waals surface area contributed by atoms with E-state index in [4.69, 9.17) is 14.2 Å². The zero-order valence-electron chi connectivity index (χ0n) is 18.1. The van der Waals surface area contributed by atoms with Gasteiger partial charge in [0.1, 0.15) is 23.9 Å². The first-order valence-electron chi connectivity index (χ1n) is 10.6. The van der Waals surface area contributed by atoms with Crippen LogP contribution in [0.2, 0.25) is 0 Å². The van der Waals surface area contributed by atoms with Crippen LogP contribution in [0, 0.1) is 0 Å². The van der Waals surface area contributed by atoms with Crippen molar-refractivity contribution in [3.63, 3.8) is 0 Å². The number of aromatic amines is 1. The van der Waals surface area contributed by atoms with Gasteiger partial charge in [-0.25, -0.2) is 0 Å². The molecular formula is C26H25BrN2O3. The number of ether oxygens (including phenoxy) is 3.